The average Bonchev–Trinajstić information content (AvgIpc) is 3.24. The number of hydrogen-bond acceptors (Lipinski definition) is 4. The highest BCUT2D eigenvalue weighted by molar-refractivity contribution is 8.08. The highest BCUT2D eigenvalue weighted by atomic mass is 32.5. The predicted molar refractivity (Wildman–Crippen MR) is 262 cm³/mol. The van der Waals surface area contributed by atoms with E-state index >= 15 is 0 Å². The van der Waals surface area contributed by atoms with E-state index in [2.05, 4.69) is 93.6 Å². The van der Waals surface area contributed by atoms with Gasteiger partial charge >= 0.3 is 6.72 Å². The SMILES string of the molecule is CCCCCCCCCCCCc1ccccc1OP(=S)(Oc1ccccc1CCCCCCCCCCCC)Oc1ccccc1CCCCCCCCCCCC. The lowest BCUT2D eigenvalue weighted by Crippen LogP contribution is -2.10. The number of benzene rings is 3. The molecule has 5 heteroatoms. The Labute approximate surface area is 369 Å². The van der Waals surface area contributed by atoms with Crippen LogP contribution in [0.2, 0.25) is 0 Å². The summed E-state index contributed by atoms with van der Waals surface area (Å²) in [5.74, 6) is 2.39. The van der Waals surface area contributed by atoms with Crippen LogP contribution < -0.4 is 13.6 Å². The summed E-state index contributed by atoms with van der Waals surface area (Å²) in [7, 11) is 0. The standard InChI is InChI=1S/C54H87O3PS/c1-4-7-10-13-16-19-22-25-28-31-40-49-43-34-37-46-52(49)55-58(59,56-53-47-38-35-44-50(53)41-32-29-26-23-20-17-14-11-8-5-2)57-54-48-39-36-45-51(54)42-33-30-27-24-21-18-15-12-9-6-3/h34-39,43-48H,4-33,40-42H2,1-3H3. The fraction of sp³-hybridized carbons (Fsp3) is 0.667. The van der Waals surface area contributed by atoms with E-state index in [1.807, 2.05) is 0 Å². The van der Waals surface area contributed by atoms with Crippen molar-refractivity contribution in [2.75, 3.05) is 0 Å². The molecule has 0 aliphatic rings. The first kappa shape index (κ1) is 51.1. The second-order valence-corrected chi connectivity index (χ2v) is 20.1. The van der Waals surface area contributed by atoms with Crippen molar-refractivity contribution in [3.63, 3.8) is 0 Å². The first-order chi connectivity index (χ1) is 29.1. The van der Waals surface area contributed by atoms with Crippen LogP contribution >= 0.6 is 6.72 Å². The Kier molecular flexibility index (Phi) is 29.7. The zero-order chi connectivity index (χ0) is 41.9. The topological polar surface area (TPSA) is 27.7 Å². The minimum Gasteiger partial charge on any atom is -0.407 e. The third-order valence-electron chi connectivity index (χ3n) is 11.9. The zero-order valence-corrected chi connectivity index (χ0v) is 40.1. The summed E-state index contributed by atoms with van der Waals surface area (Å²) in [5, 5.41) is 0. The van der Waals surface area contributed by atoms with Crippen molar-refractivity contribution in [3.05, 3.63) is 89.5 Å². The Hall–Kier alpha value is -2.29. The predicted octanol–water partition coefficient (Wildman–Crippen LogP) is 18.8. The molecule has 0 spiro atoms. The molecule has 0 unspecified atom stereocenters. The molecule has 3 rings (SSSR count). The van der Waals surface area contributed by atoms with Crippen LogP contribution in [0.5, 0.6) is 17.2 Å². The molecule has 0 amide bonds. The quantitative estimate of drug-likeness (QED) is 0.0422. The van der Waals surface area contributed by atoms with Crippen LogP contribution in [0.3, 0.4) is 0 Å². The van der Waals surface area contributed by atoms with E-state index in [0.717, 1.165) is 55.8 Å². The first-order valence-electron chi connectivity index (χ1n) is 25.0. The molecule has 0 fully saturated rings. The van der Waals surface area contributed by atoms with Crippen molar-refractivity contribution in [1.29, 1.82) is 0 Å². The monoisotopic (exact) mass is 847 g/mol. The van der Waals surface area contributed by atoms with Gasteiger partial charge in [0, 0.05) is 11.8 Å². The van der Waals surface area contributed by atoms with E-state index in [9.17, 15) is 0 Å². The first-order valence-corrected chi connectivity index (χ1v) is 27.6. The van der Waals surface area contributed by atoms with Gasteiger partial charge < -0.3 is 13.6 Å². The molecule has 3 aromatic rings. The van der Waals surface area contributed by atoms with E-state index in [1.165, 1.54) is 190 Å². The second kappa shape index (κ2) is 34.3. The summed E-state index contributed by atoms with van der Waals surface area (Å²) in [5.41, 5.74) is 3.56. The summed E-state index contributed by atoms with van der Waals surface area (Å²) in [6.07, 6.45) is 42.6. The van der Waals surface area contributed by atoms with E-state index in [1.54, 1.807) is 0 Å². The Morgan fingerprint density at radius 1 is 0.305 bits per heavy atom. The van der Waals surface area contributed by atoms with Crippen LogP contribution in [-0.4, -0.2) is 0 Å². The Morgan fingerprint density at radius 2 is 0.508 bits per heavy atom. The number of para-hydroxylation sites is 3. The van der Waals surface area contributed by atoms with Gasteiger partial charge in [-0.1, -0.05) is 249 Å². The molecular formula is C54H87O3PS. The lowest BCUT2D eigenvalue weighted by atomic mass is 10.0. The maximum absolute atomic E-state index is 6.88. The van der Waals surface area contributed by atoms with Crippen LogP contribution in [0, 0.1) is 0 Å². The minimum absolute atomic E-state index is 0.797. The van der Waals surface area contributed by atoms with Crippen LogP contribution in [0.25, 0.3) is 0 Å². The molecular weight excluding hydrogens is 760 g/mol. The number of rotatable bonds is 39. The Balaban J connectivity index is 1.66. The molecule has 0 aliphatic heterocycles. The molecule has 59 heavy (non-hydrogen) atoms. The molecule has 0 aromatic heterocycles. The number of unbranched alkanes of at least 4 members (excludes halogenated alkanes) is 27. The third-order valence-corrected chi connectivity index (χ3v) is 13.9. The van der Waals surface area contributed by atoms with Crippen molar-refractivity contribution in [1.82, 2.24) is 0 Å². The van der Waals surface area contributed by atoms with Crippen molar-refractivity contribution in [2.45, 2.75) is 233 Å². The summed E-state index contributed by atoms with van der Waals surface area (Å²) in [6.45, 7) is 3.54. The van der Waals surface area contributed by atoms with Gasteiger partial charge in [-0.15, -0.1) is 0 Å². The van der Waals surface area contributed by atoms with Gasteiger partial charge in [0.05, 0.1) is 0 Å². The van der Waals surface area contributed by atoms with Gasteiger partial charge in [0.15, 0.2) is 0 Å². The van der Waals surface area contributed by atoms with E-state index in [-0.39, 0.29) is 0 Å². The minimum atomic E-state index is -3.33. The van der Waals surface area contributed by atoms with Gasteiger partial charge in [0.25, 0.3) is 0 Å². The molecule has 0 saturated heterocycles. The van der Waals surface area contributed by atoms with Gasteiger partial charge in [-0.25, -0.2) is 0 Å². The third kappa shape index (κ3) is 24.1. The van der Waals surface area contributed by atoms with Crippen molar-refractivity contribution in [2.24, 2.45) is 0 Å². The van der Waals surface area contributed by atoms with Gasteiger partial charge in [0.1, 0.15) is 17.2 Å². The van der Waals surface area contributed by atoms with E-state index in [4.69, 9.17) is 25.4 Å². The Bertz CT molecular complexity index is 1310. The molecule has 0 saturated carbocycles. The van der Waals surface area contributed by atoms with Gasteiger partial charge in [-0.05, 0) is 73.4 Å². The van der Waals surface area contributed by atoms with Crippen LogP contribution in [0.1, 0.15) is 230 Å². The lowest BCUT2D eigenvalue weighted by Gasteiger charge is -2.26. The lowest BCUT2D eigenvalue weighted by molar-refractivity contribution is 0.378. The van der Waals surface area contributed by atoms with Gasteiger partial charge in [-0.2, -0.15) is 0 Å². The smallest absolute Gasteiger partial charge is 0.407 e. The molecule has 3 aromatic carbocycles. The molecule has 332 valence electrons. The van der Waals surface area contributed by atoms with Crippen LogP contribution in [0.4, 0.5) is 0 Å². The fourth-order valence-electron chi connectivity index (χ4n) is 8.22. The largest absolute Gasteiger partial charge is 0.490 e. The fourth-order valence-corrected chi connectivity index (χ4v) is 10.3. The summed E-state index contributed by atoms with van der Waals surface area (Å²) in [4.78, 5) is 0. The summed E-state index contributed by atoms with van der Waals surface area (Å²) >= 11 is 6.43. The second-order valence-electron chi connectivity index (χ2n) is 17.3. The Morgan fingerprint density at radius 3 is 0.746 bits per heavy atom. The molecule has 0 heterocycles. The molecule has 0 aliphatic carbocycles. The normalized spacial score (nSPS) is 11.6. The van der Waals surface area contributed by atoms with Gasteiger partial charge in [-0.3, -0.25) is 0 Å². The van der Waals surface area contributed by atoms with E-state index in [0.29, 0.717) is 0 Å². The average molecular weight is 847 g/mol. The van der Waals surface area contributed by atoms with Crippen LogP contribution in [0.15, 0.2) is 72.8 Å². The van der Waals surface area contributed by atoms with E-state index < -0.39 is 6.72 Å². The maximum Gasteiger partial charge on any atom is 0.490 e. The highest BCUT2D eigenvalue weighted by Gasteiger charge is 2.30. The molecule has 0 atom stereocenters. The molecule has 0 N–H and O–H groups in total. The highest BCUT2D eigenvalue weighted by Crippen LogP contribution is 2.52. The van der Waals surface area contributed by atoms with Crippen molar-refractivity contribution >= 4 is 18.5 Å². The molecule has 0 radical (unpaired) electrons. The summed E-state index contributed by atoms with van der Waals surface area (Å²) in [6, 6.07) is 25.3. The summed E-state index contributed by atoms with van der Waals surface area (Å²) < 4.78 is 20.7. The van der Waals surface area contributed by atoms with Gasteiger partial charge in [0.2, 0.25) is 0 Å². The maximum atomic E-state index is 6.88. The number of hydrogen-bond donors (Lipinski definition) is 0. The van der Waals surface area contributed by atoms with Crippen molar-refractivity contribution < 1.29 is 13.6 Å². The van der Waals surface area contributed by atoms with Crippen LogP contribution in [-0.2, 0) is 31.1 Å². The van der Waals surface area contributed by atoms with Crippen molar-refractivity contribution in [3.8, 4) is 17.2 Å². The molecule has 3 nitrogen and oxygen atoms in total. The zero-order valence-electron chi connectivity index (χ0n) is 38.3. The number of aryl methyl sites for hydroxylation is 3. The molecule has 0 bridgehead atoms.